The molecule has 0 amide bonds. The standard InChI is InChI=1S/C62H43N/c1-7-22-44(23-8-1)50-38-41-58(57(42-50)47-28-13-4-14-29-47)63(51-39-40-52(45-24-9-2-10-25-45)56(43-51)46-26-11-3-12-27-46)59-37-21-36-55-53-34-19-20-35-54(53)60(48-30-15-5-16-31-48)61(62(55)59)49-32-17-6-18-33-49/h1-43H. The highest BCUT2D eigenvalue weighted by Gasteiger charge is 2.26. The van der Waals surface area contributed by atoms with Crippen molar-refractivity contribution in [2.24, 2.45) is 0 Å². The molecule has 0 heterocycles. The van der Waals surface area contributed by atoms with Crippen LogP contribution in [0.5, 0.6) is 0 Å². The summed E-state index contributed by atoms with van der Waals surface area (Å²) in [6.07, 6.45) is 0. The highest BCUT2D eigenvalue weighted by molar-refractivity contribution is 6.25. The molecule has 63 heavy (non-hydrogen) atoms. The minimum Gasteiger partial charge on any atom is -0.309 e. The van der Waals surface area contributed by atoms with E-state index in [1.165, 1.54) is 77.2 Å². The molecule has 0 unspecified atom stereocenters. The lowest BCUT2D eigenvalue weighted by Crippen LogP contribution is -2.13. The number of anilines is 3. The molecule has 0 spiro atoms. The second-order valence-corrected chi connectivity index (χ2v) is 16.0. The van der Waals surface area contributed by atoms with Gasteiger partial charge in [0.25, 0.3) is 0 Å². The first-order chi connectivity index (χ1) is 31.3. The molecule has 0 bridgehead atoms. The highest BCUT2D eigenvalue weighted by Crippen LogP contribution is 2.52. The molecule has 1 heteroatoms. The zero-order valence-corrected chi connectivity index (χ0v) is 34.8. The molecule has 11 aromatic rings. The monoisotopic (exact) mass is 801 g/mol. The lowest BCUT2D eigenvalue weighted by Gasteiger charge is -2.32. The second kappa shape index (κ2) is 16.7. The van der Waals surface area contributed by atoms with Gasteiger partial charge in [-0.1, -0.05) is 231 Å². The van der Waals surface area contributed by atoms with Crippen LogP contribution in [0.3, 0.4) is 0 Å². The zero-order chi connectivity index (χ0) is 42.0. The molecule has 11 aromatic carbocycles. The fourth-order valence-corrected chi connectivity index (χ4v) is 9.40. The van der Waals surface area contributed by atoms with Crippen molar-refractivity contribution >= 4 is 38.6 Å². The molecule has 0 saturated carbocycles. The number of nitrogens with zero attached hydrogens (tertiary/aromatic N) is 1. The number of hydrogen-bond donors (Lipinski definition) is 0. The van der Waals surface area contributed by atoms with Gasteiger partial charge < -0.3 is 4.90 Å². The van der Waals surface area contributed by atoms with E-state index in [0.29, 0.717) is 0 Å². The summed E-state index contributed by atoms with van der Waals surface area (Å²) >= 11 is 0. The molecule has 1 nitrogen and oxygen atoms in total. The second-order valence-electron chi connectivity index (χ2n) is 16.0. The Hall–Kier alpha value is -8.26. The maximum atomic E-state index is 2.52. The Morgan fingerprint density at radius 2 is 0.683 bits per heavy atom. The van der Waals surface area contributed by atoms with Crippen molar-refractivity contribution in [3.05, 3.63) is 261 Å². The van der Waals surface area contributed by atoms with Crippen molar-refractivity contribution in [2.75, 3.05) is 4.90 Å². The molecule has 296 valence electrons. The first-order valence-corrected chi connectivity index (χ1v) is 21.7. The fraction of sp³-hybridized carbons (Fsp3) is 0. The Morgan fingerprint density at radius 1 is 0.222 bits per heavy atom. The van der Waals surface area contributed by atoms with Crippen LogP contribution < -0.4 is 4.90 Å². The summed E-state index contributed by atoms with van der Waals surface area (Å²) in [5.41, 5.74) is 17.4. The van der Waals surface area contributed by atoms with E-state index in [-0.39, 0.29) is 0 Å². The molecular formula is C62H43N. The highest BCUT2D eigenvalue weighted by atomic mass is 15.1. The molecule has 11 rings (SSSR count). The predicted molar refractivity (Wildman–Crippen MR) is 269 cm³/mol. The zero-order valence-electron chi connectivity index (χ0n) is 34.8. The van der Waals surface area contributed by atoms with Crippen molar-refractivity contribution in [2.45, 2.75) is 0 Å². The predicted octanol–water partition coefficient (Wildman–Crippen LogP) is 17.5. The van der Waals surface area contributed by atoms with Gasteiger partial charge >= 0.3 is 0 Å². The molecular weight excluding hydrogens is 759 g/mol. The molecule has 0 aliphatic heterocycles. The van der Waals surface area contributed by atoms with Gasteiger partial charge in [0.1, 0.15) is 0 Å². The summed E-state index contributed by atoms with van der Waals surface area (Å²) in [5.74, 6) is 0. The van der Waals surface area contributed by atoms with Gasteiger partial charge in [0, 0.05) is 22.2 Å². The van der Waals surface area contributed by atoms with E-state index in [0.717, 1.165) is 28.2 Å². The van der Waals surface area contributed by atoms with Gasteiger partial charge in [0.2, 0.25) is 0 Å². The molecule has 0 aliphatic rings. The smallest absolute Gasteiger partial charge is 0.0547 e. The summed E-state index contributed by atoms with van der Waals surface area (Å²) in [5, 5.41) is 4.85. The van der Waals surface area contributed by atoms with Crippen LogP contribution in [-0.4, -0.2) is 0 Å². The Balaban J connectivity index is 1.30. The molecule has 0 aliphatic carbocycles. The average Bonchev–Trinajstić information content (AvgIpc) is 3.37. The Kier molecular flexibility index (Phi) is 9.97. The third-order valence-electron chi connectivity index (χ3n) is 12.3. The number of hydrogen-bond acceptors (Lipinski definition) is 1. The lowest BCUT2D eigenvalue weighted by atomic mass is 9.84. The van der Waals surface area contributed by atoms with Gasteiger partial charge in [-0.25, -0.2) is 0 Å². The average molecular weight is 802 g/mol. The summed E-state index contributed by atoms with van der Waals surface area (Å²) in [6.45, 7) is 0. The van der Waals surface area contributed by atoms with Gasteiger partial charge in [0.15, 0.2) is 0 Å². The van der Waals surface area contributed by atoms with Gasteiger partial charge in [-0.2, -0.15) is 0 Å². The van der Waals surface area contributed by atoms with Crippen LogP contribution in [-0.2, 0) is 0 Å². The minimum atomic E-state index is 1.07. The molecule has 0 saturated heterocycles. The van der Waals surface area contributed by atoms with Gasteiger partial charge in [-0.05, 0) is 102 Å². The normalized spacial score (nSPS) is 11.2. The lowest BCUT2D eigenvalue weighted by molar-refractivity contribution is 1.30. The van der Waals surface area contributed by atoms with Crippen LogP contribution in [0.4, 0.5) is 17.1 Å². The Morgan fingerprint density at radius 3 is 1.27 bits per heavy atom. The van der Waals surface area contributed by atoms with E-state index in [1.54, 1.807) is 0 Å². The van der Waals surface area contributed by atoms with Crippen LogP contribution in [0, 0.1) is 0 Å². The molecule has 0 N–H and O–H groups in total. The van der Waals surface area contributed by atoms with E-state index >= 15 is 0 Å². The van der Waals surface area contributed by atoms with Gasteiger partial charge in [0.05, 0.1) is 11.4 Å². The molecule has 0 fully saturated rings. The number of rotatable bonds is 9. The van der Waals surface area contributed by atoms with E-state index in [9.17, 15) is 0 Å². The molecule has 0 radical (unpaired) electrons. The maximum absolute atomic E-state index is 2.52. The topological polar surface area (TPSA) is 3.24 Å². The van der Waals surface area contributed by atoms with Crippen LogP contribution in [0.2, 0.25) is 0 Å². The Bertz CT molecular complexity index is 3340. The number of benzene rings is 11. The first-order valence-electron chi connectivity index (χ1n) is 21.7. The van der Waals surface area contributed by atoms with E-state index in [2.05, 4.69) is 266 Å². The third kappa shape index (κ3) is 7.06. The largest absolute Gasteiger partial charge is 0.309 e. The fourth-order valence-electron chi connectivity index (χ4n) is 9.40. The van der Waals surface area contributed by atoms with Crippen LogP contribution in [0.25, 0.3) is 88.3 Å². The molecule has 0 aromatic heterocycles. The quantitative estimate of drug-likeness (QED) is 0.131. The number of fused-ring (bicyclic) bond motifs is 3. The summed E-state index contributed by atoms with van der Waals surface area (Å²) in [7, 11) is 0. The van der Waals surface area contributed by atoms with Crippen molar-refractivity contribution in [1.82, 2.24) is 0 Å². The van der Waals surface area contributed by atoms with Gasteiger partial charge in [-0.3, -0.25) is 0 Å². The molecule has 0 atom stereocenters. The SMILES string of the molecule is c1ccc(-c2ccc(N(c3ccc(-c4ccccc4)c(-c4ccccc4)c3)c3cccc4c3c(-c3ccccc3)c(-c3ccccc3)c3ccccc34)c(-c3ccccc3)c2)cc1. The van der Waals surface area contributed by atoms with Crippen molar-refractivity contribution in [1.29, 1.82) is 0 Å². The van der Waals surface area contributed by atoms with E-state index in [1.807, 2.05) is 0 Å². The van der Waals surface area contributed by atoms with E-state index in [4.69, 9.17) is 0 Å². The van der Waals surface area contributed by atoms with Crippen molar-refractivity contribution < 1.29 is 0 Å². The van der Waals surface area contributed by atoms with Crippen LogP contribution in [0.1, 0.15) is 0 Å². The van der Waals surface area contributed by atoms with Gasteiger partial charge in [-0.15, -0.1) is 0 Å². The maximum Gasteiger partial charge on any atom is 0.0547 e. The summed E-state index contributed by atoms with van der Waals surface area (Å²) in [4.78, 5) is 2.52. The van der Waals surface area contributed by atoms with E-state index < -0.39 is 0 Å². The first kappa shape index (κ1) is 37.7. The summed E-state index contributed by atoms with van der Waals surface area (Å²) < 4.78 is 0. The van der Waals surface area contributed by atoms with Crippen molar-refractivity contribution in [3.8, 4) is 66.8 Å². The van der Waals surface area contributed by atoms with Crippen molar-refractivity contribution in [3.63, 3.8) is 0 Å². The third-order valence-corrected chi connectivity index (χ3v) is 12.3. The summed E-state index contributed by atoms with van der Waals surface area (Å²) in [6, 6.07) is 94.9. The van der Waals surface area contributed by atoms with Crippen LogP contribution >= 0.6 is 0 Å². The minimum absolute atomic E-state index is 1.07. The van der Waals surface area contributed by atoms with Crippen LogP contribution in [0.15, 0.2) is 261 Å². The Labute approximate surface area is 369 Å².